The van der Waals surface area contributed by atoms with Crippen molar-refractivity contribution < 1.29 is 8.42 Å². The van der Waals surface area contributed by atoms with Gasteiger partial charge in [-0.1, -0.05) is 18.9 Å². The molecule has 3 nitrogen and oxygen atoms in total. The summed E-state index contributed by atoms with van der Waals surface area (Å²) in [7, 11) is -3.32. The second-order valence-corrected chi connectivity index (χ2v) is 7.43. The van der Waals surface area contributed by atoms with Crippen molar-refractivity contribution in [3.05, 3.63) is 28.8 Å². The Morgan fingerprint density at radius 2 is 1.37 bits per heavy atom. The molecule has 1 heterocycles. The maximum atomic E-state index is 12.8. The lowest BCUT2D eigenvalue weighted by molar-refractivity contribution is 0.423. The molecule has 1 aromatic carbocycles. The Kier molecular flexibility index (Phi) is 4.31. The topological polar surface area (TPSA) is 37.4 Å². The van der Waals surface area contributed by atoms with Crippen LogP contribution in [-0.2, 0) is 10.0 Å². The highest BCUT2D eigenvalue weighted by atomic mass is 32.2. The lowest BCUT2D eigenvalue weighted by atomic mass is 10.1. The van der Waals surface area contributed by atoms with E-state index in [2.05, 4.69) is 0 Å². The second-order valence-electron chi connectivity index (χ2n) is 5.52. The molecular formula is C15H23NO2S. The zero-order chi connectivity index (χ0) is 14.0. The first-order chi connectivity index (χ1) is 8.93. The molecule has 1 aliphatic rings. The van der Waals surface area contributed by atoms with Gasteiger partial charge < -0.3 is 0 Å². The van der Waals surface area contributed by atoms with Crippen LogP contribution in [0, 0.1) is 20.8 Å². The van der Waals surface area contributed by atoms with Crippen LogP contribution in [0.5, 0.6) is 0 Å². The fourth-order valence-corrected chi connectivity index (χ4v) is 4.44. The molecule has 0 aliphatic carbocycles. The average molecular weight is 281 g/mol. The normalized spacial score (nSPS) is 18.3. The van der Waals surface area contributed by atoms with Crippen molar-refractivity contribution in [1.82, 2.24) is 4.31 Å². The summed E-state index contributed by atoms with van der Waals surface area (Å²) in [5.41, 5.74) is 3.04. The van der Waals surface area contributed by atoms with Crippen LogP contribution in [0.4, 0.5) is 0 Å². The Morgan fingerprint density at radius 3 is 1.95 bits per heavy atom. The molecule has 1 aliphatic heterocycles. The molecule has 1 aromatic rings. The summed E-state index contributed by atoms with van der Waals surface area (Å²) in [5.74, 6) is 0. The van der Waals surface area contributed by atoms with E-state index in [0.29, 0.717) is 18.0 Å². The van der Waals surface area contributed by atoms with Gasteiger partial charge >= 0.3 is 0 Å². The van der Waals surface area contributed by atoms with Crippen LogP contribution in [0.1, 0.15) is 42.4 Å². The summed E-state index contributed by atoms with van der Waals surface area (Å²) in [4.78, 5) is 0.484. The third-order valence-electron chi connectivity index (χ3n) is 3.97. The average Bonchev–Trinajstić information content (AvgIpc) is 2.62. The molecule has 1 fully saturated rings. The fraction of sp³-hybridized carbons (Fsp3) is 0.600. The van der Waals surface area contributed by atoms with E-state index in [1.165, 1.54) is 0 Å². The first-order valence-corrected chi connectivity index (χ1v) is 8.45. The fourth-order valence-electron chi connectivity index (χ4n) is 2.63. The maximum Gasteiger partial charge on any atom is 0.243 e. The van der Waals surface area contributed by atoms with Gasteiger partial charge in [-0.2, -0.15) is 4.31 Å². The molecule has 0 amide bonds. The first kappa shape index (κ1) is 14.5. The number of hydrogen-bond donors (Lipinski definition) is 0. The summed E-state index contributed by atoms with van der Waals surface area (Å²) in [6.45, 7) is 7.20. The minimum absolute atomic E-state index is 0.484. The number of benzene rings is 1. The molecule has 0 atom stereocenters. The highest BCUT2D eigenvalue weighted by molar-refractivity contribution is 7.89. The van der Waals surface area contributed by atoms with Crippen molar-refractivity contribution in [1.29, 1.82) is 0 Å². The van der Waals surface area contributed by atoms with Crippen molar-refractivity contribution in [3.63, 3.8) is 0 Å². The third kappa shape index (κ3) is 3.00. The monoisotopic (exact) mass is 281 g/mol. The highest BCUT2D eigenvalue weighted by Gasteiger charge is 2.26. The Hall–Kier alpha value is -0.870. The zero-order valence-corrected chi connectivity index (χ0v) is 12.9. The number of aryl methyl sites for hydroxylation is 3. The van der Waals surface area contributed by atoms with Crippen LogP contribution in [-0.4, -0.2) is 25.8 Å². The van der Waals surface area contributed by atoms with E-state index in [0.717, 1.165) is 42.4 Å². The van der Waals surface area contributed by atoms with E-state index in [1.54, 1.807) is 4.31 Å². The molecule has 0 aromatic heterocycles. The van der Waals surface area contributed by atoms with E-state index >= 15 is 0 Å². The Balaban J connectivity index is 2.41. The number of rotatable bonds is 2. The van der Waals surface area contributed by atoms with Crippen LogP contribution < -0.4 is 0 Å². The van der Waals surface area contributed by atoms with Crippen molar-refractivity contribution in [2.75, 3.05) is 13.1 Å². The van der Waals surface area contributed by atoms with Gasteiger partial charge in [-0.15, -0.1) is 0 Å². The van der Waals surface area contributed by atoms with E-state index < -0.39 is 10.0 Å². The Bertz CT molecular complexity index is 556. The van der Waals surface area contributed by atoms with Crippen LogP contribution in [0.25, 0.3) is 0 Å². The van der Waals surface area contributed by atoms with Crippen molar-refractivity contribution in [2.24, 2.45) is 0 Å². The summed E-state index contributed by atoms with van der Waals surface area (Å²) >= 11 is 0. The molecule has 0 N–H and O–H groups in total. The van der Waals surface area contributed by atoms with Gasteiger partial charge in [-0.3, -0.25) is 0 Å². The standard InChI is InChI=1S/C15H23NO2S/c1-12-10-14(3)15(11-13(12)2)19(17,18)16-8-6-4-5-7-9-16/h10-11H,4-9H2,1-3H3. The minimum atomic E-state index is -3.32. The summed E-state index contributed by atoms with van der Waals surface area (Å²) in [5, 5.41) is 0. The van der Waals surface area contributed by atoms with Crippen LogP contribution >= 0.6 is 0 Å². The molecule has 4 heteroatoms. The molecule has 0 bridgehead atoms. The van der Waals surface area contributed by atoms with E-state index in [-0.39, 0.29) is 0 Å². The van der Waals surface area contributed by atoms with E-state index in [9.17, 15) is 8.42 Å². The molecular weight excluding hydrogens is 258 g/mol. The predicted molar refractivity (Wildman–Crippen MR) is 77.9 cm³/mol. The molecule has 0 spiro atoms. The van der Waals surface area contributed by atoms with Gasteiger partial charge in [-0.25, -0.2) is 8.42 Å². The van der Waals surface area contributed by atoms with Gasteiger partial charge in [-0.05, 0) is 56.4 Å². The lowest BCUT2D eigenvalue weighted by Crippen LogP contribution is -2.32. The summed E-state index contributed by atoms with van der Waals surface area (Å²) in [6.07, 6.45) is 4.22. The lowest BCUT2D eigenvalue weighted by Gasteiger charge is -2.21. The third-order valence-corrected chi connectivity index (χ3v) is 6.01. The number of hydrogen-bond acceptors (Lipinski definition) is 2. The van der Waals surface area contributed by atoms with Crippen molar-refractivity contribution >= 4 is 10.0 Å². The van der Waals surface area contributed by atoms with Gasteiger partial charge in [0.1, 0.15) is 0 Å². The number of nitrogens with zero attached hydrogens (tertiary/aromatic N) is 1. The van der Waals surface area contributed by atoms with Crippen LogP contribution in [0.2, 0.25) is 0 Å². The molecule has 0 radical (unpaired) electrons. The van der Waals surface area contributed by atoms with Crippen molar-refractivity contribution in [3.8, 4) is 0 Å². The zero-order valence-electron chi connectivity index (χ0n) is 12.1. The molecule has 19 heavy (non-hydrogen) atoms. The maximum absolute atomic E-state index is 12.8. The largest absolute Gasteiger partial charge is 0.243 e. The van der Waals surface area contributed by atoms with Gasteiger partial charge in [0.25, 0.3) is 0 Å². The Morgan fingerprint density at radius 1 is 0.842 bits per heavy atom. The van der Waals surface area contributed by atoms with Gasteiger partial charge in [0.05, 0.1) is 4.90 Å². The quantitative estimate of drug-likeness (QED) is 0.835. The molecule has 0 unspecified atom stereocenters. The summed E-state index contributed by atoms with van der Waals surface area (Å²) in [6, 6.07) is 3.80. The second kappa shape index (κ2) is 5.63. The number of sulfonamides is 1. The Labute approximate surface area is 116 Å². The molecule has 2 rings (SSSR count). The van der Waals surface area contributed by atoms with E-state index in [1.807, 2.05) is 32.9 Å². The molecule has 1 saturated heterocycles. The molecule has 0 saturated carbocycles. The SMILES string of the molecule is Cc1cc(C)c(S(=O)(=O)N2CCCCCC2)cc1C. The highest BCUT2D eigenvalue weighted by Crippen LogP contribution is 2.25. The van der Waals surface area contributed by atoms with E-state index in [4.69, 9.17) is 0 Å². The van der Waals surface area contributed by atoms with Gasteiger partial charge in [0.15, 0.2) is 0 Å². The summed E-state index contributed by atoms with van der Waals surface area (Å²) < 4.78 is 27.2. The van der Waals surface area contributed by atoms with Crippen molar-refractivity contribution in [2.45, 2.75) is 51.3 Å². The van der Waals surface area contributed by atoms with Gasteiger partial charge in [0.2, 0.25) is 10.0 Å². The predicted octanol–water partition coefficient (Wildman–Crippen LogP) is 3.18. The molecule has 106 valence electrons. The van der Waals surface area contributed by atoms with Crippen LogP contribution in [0.15, 0.2) is 17.0 Å². The van der Waals surface area contributed by atoms with Crippen LogP contribution in [0.3, 0.4) is 0 Å². The minimum Gasteiger partial charge on any atom is -0.207 e. The first-order valence-electron chi connectivity index (χ1n) is 7.01. The van der Waals surface area contributed by atoms with Gasteiger partial charge in [0, 0.05) is 13.1 Å². The smallest absolute Gasteiger partial charge is 0.207 e.